The molecule has 0 aromatic carbocycles. The van der Waals surface area contributed by atoms with Gasteiger partial charge in [-0.2, -0.15) is 0 Å². The van der Waals surface area contributed by atoms with Gasteiger partial charge in [0.2, 0.25) is 0 Å². The first-order valence-corrected chi connectivity index (χ1v) is 4.56. The predicted molar refractivity (Wildman–Crippen MR) is 42.7 cm³/mol. The second-order valence-corrected chi connectivity index (χ2v) is 3.62. The van der Waals surface area contributed by atoms with Gasteiger partial charge in [-0.1, -0.05) is 0 Å². The SMILES string of the molecule is O=CC[C@@H]1CCC2(C1)OCCO2. The van der Waals surface area contributed by atoms with Gasteiger partial charge in [0, 0.05) is 19.3 Å². The summed E-state index contributed by atoms with van der Waals surface area (Å²) in [5, 5.41) is 0. The Morgan fingerprint density at radius 3 is 2.83 bits per heavy atom. The van der Waals surface area contributed by atoms with Crippen LogP contribution >= 0.6 is 0 Å². The fourth-order valence-electron chi connectivity index (χ4n) is 2.16. The molecule has 2 fully saturated rings. The number of carbonyl (C=O) groups is 1. The normalized spacial score (nSPS) is 32.8. The standard InChI is InChI=1S/C9H14O3/c10-4-2-8-1-3-9(7-8)11-5-6-12-9/h4,8H,1-3,5-7H2/t8-/m0/s1. The molecule has 1 saturated heterocycles. The van der Waals surface area contributed by atoms with Crippen molar-refractivity contribution in [2.45, 2.75) is 31.5 Å². The summed E-state index contributed by atoms with van der Waals surface area (Å²) in [5.74, 6) is 0.189. The highest BCUT2D eigenvalue weighted by molar-refractivity contribution is 5.49. The van der Waals surface area contributed by atoms with Crippen molar-refractivity contribution < 1.29 is 14.3 Å². The zero-order chi connectivity index (χ0) is 8.44. The van der Waals surface area contributed by atoms with Gasteiger partial charge in [-0.3, -0.25) is 0 Å². The number of rotatable bonds is 2. The fraction of sp³-hybridized carbons (Fsp3) is 0.889. The van der Waals surface area contributed by atoms with Crippen molar-refractivity contribution in [1.29, 1.82) is 0 Å². The van der Waals surface area contributed by atoms with Gasteiger partial charge in [0.25, 0.3) is 0 Å². The number of aldehydes is 1. The van der Waals surface area contributed by atoms with Crippen LogP contribution in [0.15, 0.2) is 0 Å². The van der Waals surface area contributed by atoms with E-state index in [0.717, 1.165) is 25.5 Å². The molecule has 1 spiro atoms. The average Bonchev–Trinajstić information content (AvgIpc) is 2.65. The van der Waals surface area contributed by atoms with Crippen LogP contribution in [0.25, 0.3) is 0 Å². The molecule has 12 heavy (non-hydrogen) atoms. The zero-order valence-electron chi connectivity index (χ0n) is 7.12. The van der Waals surface area contributed by atoms with Crippen LogP contribution in [-0.4, -0.2) is 25.3 Å². The monoisotopic (exact) mass is 170 g/mol. The molecule has 3 heteroatoms. The lowest BCUT2D eigenvalue weighted by atomic mass is 10.1. The lowest BCUT2D eigenvalue weighted by Crippen LogP contribution is -2.25. The highest BCUT2D eigenvalue weighted by Gasteiger charge is 2.43. The van der Waals surface area contributed by atoms with Gasteiger partial charge in [0.15, 0.2) is 5.79 Å². The first-order chi connectivity index (χ1) is 5.85. The number of hydrogen-bond donors (Lipinski definition) is 0. The van der Waals surface area contributed by atoms with Crippen LogP contribution in [0.4, 0.5) is 0 Å². The molecule has 1 saturated carbocycles. The summed E-state index contributed by atoms with van der Waals surface area (Å²) in [6.07, 6.45) is 4.60. The highest BCUT2D eigenvalue weighted by Crippen LogP contribution is 2.41. The van der Waals surface area contributed by atoms with Crippen molar-refractivity contribution >= 4 is 6.29 Å². The van der Waals surface area contributed by atoms with Crippen molar-refractivity contribution in [1.82, 2.24) is 0 Å². The van der Waals surface area contributed by atoms with Crippen molar-refractivity contribution in [3.63, 3.8) is 0 Å². The molecule has 0 unspecified atom stereocenters. The van der Waals surface area contributed by atoms with E-state index in [4.69, 9.17) is 9.47 Å². The molecule has 0 N–H and O–H groups in total. The van der Waals surface area contributed by atoms with Crippen LogP contribution in [0.5, 0.6) is 0 Å². The summed E-state index contributed by atoms with van der Waals surface area (Å²) in [4.78, 5) is 10.3. The largest absolute Gasteiger partial charge is 0.348 e. The molecular formula is C9H14O3. The maximum atomic E-state index is 10.3. The fourth-order valence-corrected chi connectivity index (χ4v) is 2.16. The molecule has 1 aliphatic heterocycles. The molecule has 0 bridgehead atoms. The zero-order valence-corrected chi connectivity index (χ0v) is 7.12. The van der Waals surface area contributed by atoms with E-state index in [9.17, 15) is 4.79 Å². The number of carbonyl (C=O) groups excluding carboxylic acids is 1. The average molecular weight is 170 g/mol. The molecule has 2 aliphatic rings. The van der Waals surface area contributed by atoms with Gasteiger partial charge < -0.3 is 14.3 Å². The molecule has 3 nitrogen and oxygen atoms in total. The van der Waals surface area contributed by atoms with E-state index in [-0.39, 0.29) is 5.79 Å². The molecule has 1 aliphatic carbocycles. The van der Waals surface area contributed by atoms with Gasteiger partial charge in [-0.15, -0.1) is 0 Å². The lowest BCUT2D eigenvalue weighted by molar-refractivity contribution is -0.152. The van der Waals surface area contributed by atoms with Crippen LogP contribution in [0.1, 0.15) is 25.7 Å². The van der Waals surface area contributed by atoms with E-state index in [1.54, 1.807) is 0 Å². The predicted octanol–water partition coefficient (Wildman–Crippen LogP) is 1.12. The highest BCUT2D eigenvalue weighted by atomic mass is 16.7. The summed E-state index contributed by atoms with van der Waals surface area (Å²) in [6, 6.07) is 0. The quantitative estimate of drug-likeness (QED) is 0.582. The van der Waals surface area contributed by atoms with Crippen LogP contribution in [0.3, 0.4) is 0 Å². The Morgan fingerprint density at radius 2 is 2.17 bits per heavy atom. The van der Waals surface area contributed by atoms with E-state index >= 15 is 0 Å². The molecule has 1 heterocycles. The minimum Gasteiger partial charge on any atom is -0.348 e. The van der Waals surface area contributed by atoms with Crippen molar-refractivity contribution in [3.05, 3.63) is 0 Å². The number of ether oxygens (including phenoxy) is 2. The van der Waals surface area contributed by atoms with Crippen molar-refractivity contribution in [2.24, 2.45) is 5.92 Å². The smallest absolute Gasteiger partial charge is 0.168 e. The minimum atomic E-state index is -0.298. The van der Waals surface area contributed by atoms with Crippen molar-refractivity contribution in [2.75, 3.05) is 13.2 Å². The third kappa shape index (κ3) is 1.39. The van der Waals surface area contributed by atoms with Crippen LogP contribution in [0, 0.1) is 5.92 Å². The summed E-state index contributed by atoms with van der Waals surface area (Å²) in [5.41, 5.74) is 0. The molecule has 2 rings (SSSR count). The third-order valence-electron chi connectivity index (χ3n) is 2.78. The van der Waals surface area contributed by atoms with Gasteiger partial charge in [0.05, 0.1) is 13.2 Å². The molecule has 0 aromatic rings. The molecule has 68 valence electrons. The minimum absolute atomic E-state index is 0.298. The lowest BCUT2D eigenvalue weighted by Gasteiger charge is -2.21. The van der Waals surface area contributed by atoms with Gasteiger partial charge in [-0.25, -0.2) is 0 Å². The third-order valence-corrected chi connectivity index (χ3v) is 2.78. The number of hydrogen-bond acceptors (Lipinski definition) is 3. The maximum Gasteiger partial charge on any atom is 0.168 e. The van der Waals surface area contributed by atoms with E-state index < -0.39 is 0 Å². The molecule has 1 atom stereocenters. The molecule has 0 amide bonds. The van der Waals surface area contributed by atoms with Gasteiger partial charge >= 0.3 is 0 Å². The molecule has 0 aromatic heterocycles. The summed E-state index contributed by atoms with van der Waals surface area (Å²) >= 11 is 0. The van der Waals surface area contributed by atoms with Crippen LogP contribution < -0.4 is 0 Å². The Morgan fingerprint density at radius 1 is 1.42 bits per heavy atom. The van der Waals surface area contributed by atoms with Gasteiger partial charge in [-0.05, 0) is 12.3 Å². The van der Waals surface area contributed by atoms with E-state index in [1.165, 1.54) is 0 Å². The van der Waals surface area contributed by atoms with E-state index in [0.29, 0.717) is 25.6 Å². The van der Waals surface area contributed by atoms with E-state index in [1.807, 2.05) is 0 Å². The van der Waals surface area contributed by atoms with E-state index in [2.05, 4.69) is 0 Å². The second kappa shape index (κ2) is 3.15. The Labute approximate surface area is 72.0 Å². The summed E-state index contributed by atoms with van der Waals surface area (Å²) in [6.45, 7) is 1.43. The first kappa shape index (κ1) is 8.20. The first-order valence-electron chi connectivity index (χ1n) is 4.56. The Balaban J connectivity index is 1.91. The van der Waals surface area contributed by atoms with Gasteiger partial charge in [0.1, 0.15) is 6.29 Å². The topological polar surface area (TPSA) is 35.5 Å². The van der Waals surface area contributed by atoms with Crippen molar-refractivity contribution in [3.8, 4) is 0 Å². The second-order valence-electron chi connectivity index (χ2n) is 3.62. The summed E-state index contributed by atoms with van der Waals surface area (Å²) < 4.78 is 11.1. The van der Waals surface area contributed by atoms with Crippen LogP contribution in [0.2, 0.25) is 0 Å². The Kier molecular flexibility index (Phi) is 2.15. The Bertz CT molecular complexity index is 173. The maximum absolute atomic E-state index is 10.3. The molecular weight excluding hydrogens is 156 g/mol. The van der Waals surface area contributed by atoms with Crippen LogP contribution in [-0.2, 0) is 14.3 Å². The Hall–Kier alpha value is -0.410. The summed E-state index contributed by atoms with van der Waals surface area (Å²) in [7, 11) is 0. The molecule has 0 radical (unpaired) electrons.